The summed E-state index contributed by atoms with van der Waals surface area (Å²) in [6.07, 6.45) is 1.78. The van der Waals surface area contributed by atoms with Gasteiger partial charge < -0.3 is 14.9 Å². The number of carbonyl (C=O) groups is 3. The summed E-state index contributed by atoms with van der Waals surface area (Å²) in [6, 6.07) is 5.25. The fourth-order valence-electron chi connectivity index (χ4n) is 2.67. The number of hydrogen-bond acceptors (Lipinski definition) is 4. The lowest BCUT2D eigenvalue weighted by molar-refractivity contribution is -0.147. The normalized spacial score (nSPS) is 17.6. The van der Waals surface area contributed by atoms with Crippen molar-refractivity contribution in [1.29, 1.82) is 0 Å². The molecule has 124 valence electrons. The number of carboxylic acid groups (broad SMARTS) is 1. The summed E-state index contributed by atoms with van der Waals surface area (Å²) in [7, 11) is 0. The molecule has 2 amide bonds. The van der Waals surface area contributed by atoms with Gasteiger partial charge in [-0.3, -0.25) is 19.4 Å². The van der Waals surface area contributed by atoms with Crippen LogP contribution in [0.25, 0.3) is 0 Å². The topological polar surface area (TPSA) is 90.8 Å². The molecule has 0 aliphatic carbocycles. The van der Waals surface area contributed by atoms with Gasteiger partial charge in [-0.1, -0.05) is 6.07 Å². The van der Waals surface area contributed by atoms with Crippen LogP contribution in [0.15, 0.2) is 24.4 Å². The van der Waals surface area contributed by atoms with Crippen molar-refractivity contribution in [2.45, 2.75) is 32.9 Å². The van der Waals surface area contributed by atoms with Gasteiger partial charge in [0.1, 0.15) is 6.54 Å². The van der Waals surface area contributed by atoms with E-state index in [4.69, 9.17) is 5.11 Å². The van der Waals surface area contributed by atoms with E-state index in [0.717, 1.165) is 5.69 Å². The number of likely N-dealkylation sites (tertiary alicyclic amines) is 1. The minimum atomic E-state index is -1.05. The van der Waals surface area contributed by atoms with Gasteiger partial charge in [-0.15, -0.1) is 0 Å². The second kappa shape index (κ2) is 7.21. The van der Waals surface area contributed by atoms with E-state index in [9.17, 15) is 14.4 Å². The molecule has 1 atom stereocenters. The van der Waals surface area contributed by atoms with Gasteiger partial charge in [0, 0.05) is 25.2 Å². The molecule has 0 spiro atoms. The van der Waals surface area contributed by atoms with Gasteiger partial charge in [-0.25, -0.2) is 0 Å². The fourth-order valence-corrected chi connectivity index (χ4v) is 2.67. The van der Waals surface area contributed by atoms with Gasteiger partial charge >= 0.3 is 5.97 Å². The van der Waals surface area contributed by atoms with Crippen LogP contribution in [0, 0.1) is 5.92 Å². The predicted octanol–water partition coefficient (Wildman–Crippen LogP) is 0.752. The molecule has 1 fully saturated rings. The maximum absolute atomic E-state index is 12.5. The molecule has 23 heavy (non-hydrogen) atoms. The smallest absolute Gasteiger partial charge is 0.323 e. The van der Waals surface area contributed by atoms with Crippen molar-refractivity contribution < 1.29 is 19.5 Å². The van der Waals surface area contributed by atoms with E-state index in [2.05, 4.69) is 4.98 Å². The maximum Gasteiger partial charge on any atom is 0.323 e. The van der Waals surface area contributed by atoms with Crippen LogP contribution in [-0.4, -0.2) is 56.8 Å². The fraction of sp³-hybridized carbons (Fsp3) is 0.500. The largest absolute Gasteiger partial charge is 0.480 e. The molecule has 1 aliphatic rings. The molecular formula is C16H21N3O4. The molecule has 0 radical (unpaired) electrons. The third-order valence-electron chi connectivity index (χ3n) is 3.85. The Hall–Kier alpha value is -2.44. The van der Waals surface area contributed by atoms with E-state index < -0.39 is 11.9 Å². The molecule has 1 aliphatic heterocycles. The number of aliphatic carboxylic acids is 1. The quantitative estimate of drug-likeness (QED) is 0.835. The van der Waals surface area contributed by atoms with Crippen molar-refractivity contribution in [3.05, 3.63) is 30.1 Å². The van der Waals surface area contributed by atoms with E-state index in [1.807, 2.05) is 12.1 Å². The molecule has 0 saturated carbocycles. The highest BCUT2D eigenvalue weighted by Gasteiger charge is 2.37. The molecule has 1 aromatic rings. The van der Waals surface area contributed by atoms with Crippen molar-refractivity contribution in [1.82, 2.24) is 14.8 Å². The second-order valence-corrected chi connectivity index (χ2v) is 5.95. The lowest BCUT2D eigenvalue weighted by Gasteiger charge is -2.27. The first kappa shape index (κ1) is 16.9. The van der Waals surface area contributed by atoms with Crippen LogP contribution in [0.3, 0.4) is 0 Å². The van der Waals surface area contributed by atoms with Gasteiger partial charge in [0.25, 0.3) is 0 Å². The molecule has 1 saturated heterocycles. The zero-order valence-corrected chi connectivity index (χ0v) is 13.3. The summed E-state index contributed by atoms with van der Waals surface area (Å²) < 4.78 is 0. The predicted molar refractivity (Wildman–Crippen MR) is 82.2 cm³/mol. The van der Waals surface area contributed by atoms with Crippen molar-refractivity contribution in [3.63, 3.8) is 0 Å². The van der Waals surface area contributed by atoms with Gasteiger partial charge in [0.15, 0.2) is 0 Å². The van der Waals surface area contributed by atoms with Crippen LogP contribution < -0.4 is 0 Å². The first-order valence-corrected chi connectivity index (χ1v) is 7.58. The van der Waals surface area contributed by atoms with Crippen LogP contribution in [-0.2, 0) is 20.9 Å². The van der Waals surface area contributed by atoms with Gasteiger partial charge in [-0.2, -0.15) is 0 Å². The van der Waals surface area contributed by atoms with Crippen molar-refractivity contribution >= 4 is 17.8 Å². The molecule has 2 heterocycles. The Morgan fingerprint density at radius 1 is 1.43 bits per heavy atom. The molecule has 0 aromatic carbocycles. The van der Waals surface area contributed by atoms with Crippen LogP contribution >= 0.6 is 0 Å². The number of hydrogen-bond donors (Lipinski definition) is 1. The van der Waals surface area contributed by atoms with Crippen molar-refractivity contribution in [2.75, 3.05) is 13.1 Å². The molecule has 0 bridgehead atoms. The van der Waals surface area contributed by atoms with Gasteiger partial charge in [-0.05, 0) is 26.0 Å². The minimum Gasteiger partial charge on any atom is -0.480 e. The molecule has 7 nitrogen and oxygen atoms in total. The highest BCUT2D eigenvalue weighted by Crippen LogP contribution is 2.22. The molecule has 2 rings (SSSR count). The summed E-state index contributed by atoms with van der Waals surface area (Å²) in [5.41, 5.74) is 0.764. The molecular weight excluding hydrogens is 298 g/mol. The van der Waals surface area contributed by atoms with Crippen LogP contribution in [0.4, 0.5) is 0 Å². The first-order chi connectivity index (χ1) is 10.9. The van der Waals surface area contributed by atoms with Crippen molar-refractivity contribution in [3.8, 4) is 0 Å². The summed E-state index contributed by atoms with van der Waals surface area (Å²) >= 11 is 0. The van der Waals surface area contributed by atoms with E-state index in [0.29, 0.717) is 13.1 Å². The number of nitrogens with zero attached hydrogens (tertiary/aromatic N) is 3. The van der Waals surface area contributed by atoms with Gasteiger partial charge in [0.2, 0.25) is 11.8 Å². The monoisotopic (exact) mass is 319 g/mol. The molecule has 1 N–H and O–H groups in total. The number of pyridine rings is 1. The van der Waals surface area contributed by atoms with E-state index in [1.54, 1.807) is 31.0 Å². The van der Waals surface area contributed by atoms with Crippen LogP contribution in [0.5, 0.6) is 0 Å². The SMILES string of the molecule is CC(C)N(CC(=O)O)C(=O)C1CC(=O)N(Cc2ccccn2)C1. The van der Waals surface area contributed by atoms with Crippen molar-refractivity contribution in [2.24, 2.45) is 5.92 Å². The van der Waals surface area contributed by atoms with E-state index >= 15 is 0 Å². The summed E-state index contributed by atoms with van der Waals surface area (Å²) in [6.45, 7) is 3.86. The van der Waals surface area contributed by atoms with Gasteiger partial charge in [0.05, 0.1) is 18.2 Å². The average Bonchev–Trinajstić information content (AvgIpc) is 2.86. The summed E-state index contributed by atoms with van der Waals surface area (Å²) in [4.78, 5) is 42.7. The highest BCUT2D eigenvalue weighted by molar-refractivity contribution is 5.90. The summed E-state index contributed by atoms with van der Waals surface area (Å²) in [5, 5.41) is 8.94. The first-order valence-electron chi connectivity index (χ1n) is 7.58. The average molecular weight is 319 g/mol. The van der Waals surface area contributed by atoms with E-state index in [1.165, 1.54) is 4.90 Å². The second-order valence-electron chi connectivity index (χ2n) is 5.95. The number of carbonyl (C=O) groups excluding carboxylic acids is 2. The standard InChI is InChI=1S/C16H21N3O4/c1-11(2)19(10-15(21)22)16(23)12-7-14(20)18(8-12)9-13-5-3-4-6-17-13/h3-6,11-12H,7-10H2,1-2H3,(H,21,22). The summed E-state index contributed by atoms with van der Waals surface area (Å²) in [5.74, 6) is -1.93. The number of carboxylic acids is 1. The van der Waals surface area contributed by atoms with Crippen LogP contribution in [0.1, 0.15) is 26.0 Å². The molecule has 7 heteroatoms. The highest BCUT2D eigenvalue weighted by atomic mass is 16.4. The van der Waals surface area contributed by atoms with Crippen LogP contribution in [0.2, 0.25) is 0 Å². The number of amides is 2. The number of rotatable bonds is 6. The Labute approximate surface area is 134 Å². The zero-order chi connectivity index (χ0) is 17.0. The Bertz CT molecular complexity index is 588. The lowest BCUT2D eigenvalue weighted by Crippen LogP contribution is -2.44. The molecule has 1 aromatic heterocycles. The third-order valence-corrected chi connectivity index (χ3v) is 3.85. The zero-order valence-electron chi connectivity index (χ0n) is 13.3. The lowest BCUT2D eigenvalue weighted by atomic mass is 10.1. The molecule has 1 unspecified atom stereocenters. The Balaban J connectivity index is 2.03. The Morgan fingerprint density at radius 2 is 2.17 bits per heavy atom. The van der Waals surface area contributed by atoms with E-state index in [-0.39, 0.29) is 30.8 Å². The number of aromatic nitrogens is 1. The third kappa shape index (κ3) is 4.28. The maximum atomic E-state index is 12.5. The Morgan fingerprint density at radius 3 is 2.74 bits per heavy atom. The Kier molecular flexibility index (Phi) is 5.31. The minimum absolute atomic E-state index is 0.104.